The van der Waals surface area contributed by atoms with Gasteiger partial charge in [-0.3, -0.25) is 15.0 Å². The molecule has 0 saturated carbocycles. The Kier molecular flexibility index (Phi) is 4.73. The fourth-order valence-corrected chi connectivity index (χ4v) is 3.75. The lowest BCUT2D eigenvalue weighted by molar-refractivity contribution is 1.03. The SMILES string of the molecule is Cc1cccc(-c2[nH]c(Cc3cccc(Cl)c3)nc2-c2ccc3nccnc3c2)n1. The van der Waals surface area contributed by atoms with E-state index in [2.05, 4.69) is 15.0 Å². The van der Waals surface area contributed by atoms with Crippen LogP contribution < -0.4 is 0 Å². The van der Waals surface area contributed by atoms with E-state index >= 15 is 0 Å². The summed E-state index contributed by atoms with van der Waals surface area (Å²) in [6, 6.07) is 19.8. The molecule has 1 N–H and O–H groups in total. The van der Waals surface area contributed by atoms with Gasteiger partial charge < -0.3 is 4.98 Å². The van der Waals surface area contributed by atoms with Crippen LogP contribution in [-0.2, 0) is 6.42 Å². The number of nitrogens with zero attached hydrogens (tertiary/aromatic N) is 4. The average molecular weight is 412 g/mol. The van der Waals surface area contributed by atoms with Gasteiger partial charge in [-0.2, -0.15) is 0 Å². The second-order valence-corrected chi connectivity index (χ2v) is 7.57. The molecule has 0 radical (unpaired) electrons. The van der Waals surface area contributed by atoms with Crippen LogP contribution in [0.15, 0.2) is 73.1 Å². The summed E-state index contributed by atoms with van der Waals surface area (Å²) in [5.74, 6) is 0.852. The number of pyridine rings is 1. The molecule has 6 heteroatoms. The van der Waals surface area contributed by atoms with E-state index in [0.29, 0.717) is 11.4 Å². The summed E-state index contributed by atoms with van der Waals surface area (Å²) in [6.45, 7) is 1.98. The molecule has 0 amide bonds. The van der Waals surface area contributed by atoms with Crippen LogP contribution in [0.4, 0.5) is 0 Å². The highest BCUT2D eigenvalue weighted by Crippen LogP contribution is 2.31. The molecule has 5 nitrogen and oxygen atoms in total. The van der Waals surface area contributed by atoms with Gasteiger partial charge in [0.05, 0.1) is 28.1 Å². The second kappa shape index (κ2) is 7.69. The maximum atomic E-state index is 6.16. The smallest absolute Gasteiger partial charge is 0.111 e. The fraction of sp³-hybridized carbons (Fsp3) is 0.0833. The summed E-state index contributed by atoms with van der Waals surface area (Å²) in [4.78, 5) is 21.9. The van der Waals surface area contributed by atoms with Crippen molar-refractivity contribution in [2.24, 2.45) is 0 Å². The van der Waals surface area contributed by atoms with Crippen molar-refractivity contribution in [1.82, 2.24) is 24.9 Å². The molecule has 5 aromatic rings. The van der Waals surface area contributed by atoms with Crippen LogP contribution >= 0.6 is 11.6 Å². The van der Waals surface area contributed by atoms with Crippen molar-refractivity contribution >= 4 is 22.6 Å². The third-order valence-electron chi connectivity index (χ3n) is 4.90. The molecule has 0 atom stereocenters. The first-order valence-corrected chi connectivity index (χ1v) is 10.0. The highest BCUT2D eigenvalue weighted by molar-refractivity contribution is 6.30. The molecule has 0 aliphatic heterocycles. The van der Waals surface area contributed by atoms with Crippen LogP contribution in [0, 0.1) is 6.92 Å². The lowest BCUT2D eigenvalue weighted by Crippen LogP contribution is -1.91. The Morgan fingerprint density at radius 1 is 0.867 bits per heavy atom. The van der Waals surface area contributed by atoms with E-state index in [1.807, 2.05) is 67.6 Å². The molecular formula is C24H18ClN5. The van der Waals surface area contributed by atoms with E-state index in [1.54, 1.807) is 12.4 Å². The largest absolute Gasteiger partial charge is 0.340 e. The van der Waals surface area contributed by atoms with Gasteiger partial charge in [0.2, 0.25) is 0 Å². The van der Waals surface area contributed by atoms with Gasteiger partial charge in [-0.15, -0.1) is 0 Å². The number of aromatic amines is 1. The zero-order chi connectivity index (χ0) is 20.5. The van der Waals surface area contributed by atoms with Gasteiger partial charge in [0, 0.05) is 35.1 Å². The third kappa shape index (κ3) is 3.67. The Morgan fingerprint density at radius 3 is 2.53 bits per heavy atom. The van der Waals surface area contributed by atoms with Gasteiger partial charge in [-0.1, -0.05) is 35.9 Å². The summed E-state index contributed by atoms with van der Waals surface area (Å²) in [5, 5.41) is 0.716. The maximum absolute atomic E-state index is 6.16. The lowest BCUT2D eigenvalue weighted by atomic mass is 10.1. The van der Waals surface area contributed by atoms with Crippen molar-refractivity contribution in [1.29, 1.82) is 0 Å². The first-order valence-electron chi connectivity index (χ1n) is 9.64. The quantitative estimate of drug-likeness (QED) is 0.416. The Bertz CT molecular complexity index is 1360. The van der Waals surface area contributed by atoms with Crippen molar-refractivity contribution in [3.8, 4) is 22.6 Å². The predicted octanol–water partition coefficient (Wildman–Crippen LogP) is 5.63. The minimum Gasteiger partial charge on any atom is -0.340 e. The zero-order valence-electron chi connectivity index (χ0n) is 16.3. The van der Waals surface area contributed by atoms with Crippen molar-refractivity contribution in [3.63, 3.8) is 0 Å². The molecule has 0 bridgehead atoms. The normalized spacial score (nSPS) is 11.1. The molecule has 0 unspecified atom stereocenters. The standard InChI is InChI=1S/C24H18ClN5/c1-15-4-2-7-20(28-15)24-23(17-8-9-19-21(14-17)27-11-10-26-19)29-22(30-24)13-16-5-3-6-18(25)12-16/h2-12,14H,13H2,1H3,(H,29,30). The van der Waals surface area contributed by atoms with Gasteiger partial charge >= 0.3 is 0 Å². The van der Waals surface area contributed by atoms with Crippen LogP contribution in [0.3, 0.4) is 0 Å². The van der Waals surface area contributed by atoms with Gasteiger partial charge in [0.25, 0.3) is 0 Å². The summed E-state index contributed by atoms with van der Waals surface area (Å²) in [7, 11) is 0. The number of halogens is 1. The average Bonchev–Trinajstić information content (AvgIpc) is 3.17. The van der Waals surface area contributed by atoms with E-state index in [-0.39, 0.29) is 0 Å². The molecule has 5 rings (SSSR count). The Hall–Kier alpha value is -3.57. The summed E-state index contributed by atoms with van der Waals surface area (Å²) < 4.78 is 0. The van der Waals surface area contributed by atoms with E-state index in [9.17, 15) is 0 Å². The number of imidazole rings is 1. The van der Waals surface area contributed by atoms with Gasteiger partial charge in [-0.05, 0) is 48.9 Å². The van der Waals surface area contributed by atoms with E-state index in [1.165, 1.54) is 0 Å². The van der Waals surface area contributed by atoms with Crippen molar-refractivity contribution in [2.75, 3.05) is 0 Å². The molecule has 2 aromatic carbocycles. The maximum Gasteiger partial charge on any atom is 0.111 e. The number of benzene rings is 2. The first-order chi connectivity index (χ1) is 14.7. The number of nitrogens with one attached hydrogen (secondary N) is 1. The summed E-state index contributed by atoms with van der Waals surface area (Å²) in [5.41, 5.74) is 7.29. The van der Waals surface area contributed by atoms with Gasteiger partial charge in [0.1, 0.15) is 5.82 Å². The molecule has 30 heavy (non-hydrogen) atoms. The highest BCUT2D eigenvalue weighted by Gasteiger charge is 2.16. The number of aromatic nitrogens is 5. The van der Waals surface area contributed by atoms with E-state index in [0.717, 1.165) is 50.8 Å². The van der Waals surface area contributed by atoms with Crippen LogP contribution in [0.2, 0.25) is 5.02 Å². The molecule has 3 aromatic heterocycles. The molecule has 0 saturated heterocycles. The van der Waals surface area contributed by atoms with E-state index in [4.69, 9.17) is 21.6 Å². The summed E-state index contributed by atoms with van der Waals surface area (Å²) >= 11 is 6.16. The molecule has 0 aliphatic rings. The number of H-pyrrole nitrogens is 1. The Balaban J connectivity index is 1.64. The van der Waals surface area contributed by atoms with Crippen molar-refractivity contribution < 1.29 is 0 Å². The summed E-state index contributed by atoms with van der Waals surface area (Å²) in [6.07, 6.45) is 4.04. The van der Waals surface area contributed by atoms with Crippen molar-refractivity contribution in [2.45, 2.75) is 13.3 Å². The van der Waals surface area contributed by atoms with Crippen LogP contribution in [0.25, 0.3) is 33.7 Å². The predicted molar refractivity (Wildman–Crippen MR) is 119 cm³/mol. The van der Waals surface area contributed by atoms with Crippen LogP contribution in [0.1, 0.15) is 17.1 Å². The number of aryl methyl sites for hydroxylation is 1. The van der Waals surface area contributed by atoms with Gasteiger partial charge in [0.15, 0.2) is 0 Å². The monoisotopic (exact) mass is 411 g/mol. The number of fused-ring (bicyclic) bond motifs is 1. The van der Waals surface area contributed by atoms with Gasteiger partial charge in [-0.25, -0.2) is 4.98 Å². The second-order valence-electron chi connectivity index (χ2n) is 7.14. The molecular weight excluding hydrogens is 394 g/mol. The molecule has 146 valence electrons. The first kappa shape index (κ1) is 18.5. The molecule has 0 aliphatic carbocycles. The minimum atomic E-state index is 0.646. The highest BCUT2D eigenvalue weighted by atomic mass is 35.5. The molecule has 0 spiro atoms. The van der Waals surface area contributed by atoms with Crippen LogP contribution in [-0.4, -0.2) is 24.9 Å². The molecule has 3 heterocycles. The fourth-order valence-electron chi connectivity index (χ4n) is 3.53. The number of rotatable bonds is 4. The van der Waals surface area contributed by atoms with E-state index < -0.39 is 0 Å². The Morgan fingerprint density at radius 2 is 1.70 bits per heavy atom. The number of hydrogen-bond acceptors (Lipinski definition) is 4. The van der Waals surface area contributed by atoms with Crippen LogP contribution in [0.5, 0.6) is 0 Å². The molecule has 0 fully saturated rings. The Labute approximate surface area is 178 Å². The lowest BCUT2D eigenvalue weighted by Gasteiger charge is -2.04. The van der Waals surface area contributed by atoms with Crippen molar-refractivity contribution in [3.05, 3.63) is 95.2 Å². The topological polar surface area (TPSA) is 67.3 Å². The zero-order valence-corrected chi connectivity index (χ0v) is 17.1. The number of hydrogen-bond donors (Lipinski definition) is 1. The minimum absolute atomic E-state index is 0.646. The third-order valence-corrected chi connectivity index (χ3v) is 5.14.